The lowest BCUT2D eigenvalue weighted by atomic mass is 9.98. The van der Waals surface area contributed by atoms with E-state index in [1.54, 1.807) is 6.07 Å². The Kier molecular flexibility index (Phi) is 2.78. The number of hydrogen-bond acceptors (Lipinski definition) is 2. The van der Waals surface area contributed by atoms with Crippen molar-refractivity contribution < 1.29 is 9.90 Å². The highest BCUT2D eigenvalue weighted by Gasteiger charge is 2.18. The summed E-state index contributed by atoms with van der Waals surface area (Å²) in [4.78, 5) is 12.3. The molecule has 0 radical (unpaired) electrons. The van der Waals surface area contributed by atoms with Crippen LogP contribution in [0.3, 0.4) is 0 Å². The third-order valence-corrected chi connectivity index (χ3v) is 2.95. The molecule has 0 aromatic heterocycles. The fourth-order valence-electron chi connectivity index (χ4n) is 2.07. The van der Waals surface area contributed by atoms with E-state index in [0.717, 1.165) is 11.1 Å². The van der Waals surface area contributed by atoms with E-state index in [1.165, 1.54) is 4.90 Å². The summed E-state index contributed by atoms with van der Waals surface area (Å²) >= 11 is 0. The van der Waals surface area contributed by atoms with Crippen molar-refractivity contribution in [2.75, 3.05) is 13.1 Å². The van der Waals surface area contributed by atoms with Gasteiger partial charge in [0, 0.05) is 13.1 Å². The van der Waals surface area contributed by atoms with Crippen molar-refractivity contribution in [3.05, 3.63) is 34.9 Å². The van der Waals surface area contributed by atoms with Gasteiger partial charge in [-0.15, -0.1) is 0 Å². The Hall–Kier alpha value is -2.02. The Balaban J connectivity index is 2.31. The van der Waals surface area contributed by atoms with Crippen LogP contribution in [0.5, 0.6) is 0 Å². The van der Waals surface area contributed by atoms with E-state index in [9.17, 15) is 4.79 Å². The van der Waals surface area contributed by atoms with Crippen molar-refractivity contribution in [1.29, 1.82) is 5.26 Å². The zero-order chi connectivity index (χ0) is 11.5. The minimum Gasteiger partial charge on any atom is -0.465 e. The van der Waals surface area contributed by atoms with Gasteiger partial charge in [-0.3, -0.25) is 0 Å². The highest BCUT2D eigenvalue weighted by Crippen LogP contribution is 2.19. The number of rotatable bonds is 0. The fraction of sp³-hybridized carbons (Fsp3) is 0.333. The van der Waals surface area contributed by atoms with E-state index in [0.29, 0.717) is 31.5 Å². The first kappa shape index (κ1) is 10.5. The topological polar surface area (TPSA) is 64.3 Å². The quantitative estimate of drug-likeness (QED) is 0.717. The molecule has 2 rings (SSSR count). The van der Waals surface area contributed by atoms with Crippen LogP contribution in [-0.2, 0) is 12.8 Å². The largest absolute Gasteiger partial charge is 0.465 e. The van der Waals surface area contributed by atoms with E-state index >= 15 is 0 Å². The summed E-state index contributed by atoms with van der Waals surface area (Å²) in [6.07, 6.45) is 0.439. The molecule has 1 aromatic rings. The second kappa shape index (κ2) is 4.23. The summed E-state index contributed by atoms with van der Waals surface area (Å²) in [5.41, 5.74) is 2.78. The number of carboxylic acid groups (broad SMARTS) is 1. The lowest BCUT2D eigenvalue weighted by Crippen LogP contribution is -2.31. The first-order chi connectivity index (χ1) is 7.72. The van der Waals surface area contributed by atoms with Gasteiger partial charge in [0.15, 0.2) is 0 Å². The fourth-order valence-corrected chi connectivity index (χ4v) is 2.07. The smallest absolute Gasteiger partial charge is 0.407 e. The van der Waals surface area contributed by atoms with Gasteiger partial charge in [-0.05, 0) is 30.0 Å². The molecular formula is C12H12N2O2. The molecule has 0 bridgehead atoms. The van der Waals surface area contributed by atoms with Crippen molar-refractivity contribution in [3.63, 3.8) is 0 Å². The van der Waals surface area contributed by atoms with Crippen molar-refractivity contribution >= 4 is 6.09 Å². The van der Waals surface area contributed by atoms with Gasteiger partial charge in [-0.1, -0.05) is 12.1 Å². The third kappa shape index (κ3) is 1.84. The van der Waals surface area contributed by atoms with Crippen LogP contribution < -0.4 is 0 Å². The highest BCUT2D eigenvalue weighted by atomic mass is 16.4. The number of carbonyl (C=O) groups is 1. The van der Waals surface area contributed by atoms with Crippen LogP contribution in [0.4, 0.5) is 4.79 Å². The highest BCUT2D eigenvalue weighted by molar-refractivity contribution is 5.65. The van der Waals surface area contributed by atoms with Gasteiger partial charge in [0.2, 0.25) is 0 Å². The molecule has 1 aliphatic heterocycles. The SMILES string of the molecule is N#Cc1cccc2c1CCN(C(=O)O)CC2. The Morgan fingerprint density at radius 2 is 2.12 bits per heavy atom. The van der Waals surface area contributed by atoms with Crippen LogP contribution in [0.2, 0.25) is 0 Å². The molecule has 1 aliphatic rings. The predicted molar refractivity (Wildman–Crippen MR) is 58.2 cm³/mol. The molecule has 4 heteroatoms. The summed E-state index contributed by atoms with van der Waals surface area (Å²) in [6.45, 7) is 0.984. The summed E-state index contributed by atoms with van der Waals surface area (Å²) in [6, 6.07) is 7.78. The average molecular weight is 216 g/mol. The van der Waals surface area contributed by atoms with E-state index in [4.69, 9.17) is 10.4 Å². The van der Waals surface area contributed by atoms with Crippen molar-refractivity contribution in [1.82, 2.24) is 4.90 Å². The van der Waals surface area contributed by atoms with Gasteiger partial charge in [0.05, 0.1) is 11.6 Å². The van der Waals surface area contributed by atoms with Crippen molar-refractivity contribution in [2.24, 2.45) is 0 Å². The number of nitrogens with zero attached hydrogens (tertiary/aromatic N) is 2. The number of fused-ring (bicyclic) bond motifs is 1. The molecule has 16 heavy (non-hydrogen) atoms. The second-order valence-electron chi connectivity index (χ2n) is 3.82. The lowest BCUT2D eigenvalue weighted by molar-refractivity contribution is 0.147. The van der Waals surface area contributed by atoms with Crippen LogP contribution >= 0.6 is 0 Å². The summed E-state index contributed by atoms with van der Waals surface area (Å²) in [5.74, 6) is 0. The first-order valence-corrected chi connectivity index (χ1v) is 5.21. The van der Waals surface area contributed by atoms with Gasteiger partial charge < -0.3 is 10.0 Å². The standard InChI is InChI=1S/C12H12N2O2/c13-8-10-3-1-2-9-4-6-14(12(15)16)7-5-11(9)10/h1-3H,4-7H2,(H,15,16). The first-order valence-electron chi connectivity index (χ1n) is 5.21. The lowest BCUT2D eigenvalue weighted by Gasteiger charge is -2.15. The Morgan fingerprint density at radius 3 is 2.81 bits per heavy atom. The maximum absolute atomic E-state index is 10.9. The van der Waals surface area contributed by atoms with Gasteiger partial charge in [0.25, 0.3) is 0 Å². The van der Waals surface area contributed by atoms with E-state index < -0.39 is 6.09 Å². The van der Waals surface area contributed by atoms with Crippen LogP contribution in [0.15, 0.2) is 18.2 Å². The maximum atomic E-state index is 10.9. The van der Waals surface area contributed by atoms with Crippen LogP contribution in [0.25, 0.3) is 0 Å². The number of amides is 1. The normalized spacial score (nSPS) is 14.8. The molecule has 1 amide bonds. The van der Waals surface area contributed by atoms with Gasteiger partial charge in [0.1, 0.15) is 0 Å². The molecule has 0 aliphatic carbocycles. The number of benzene rings is 1. The molecular weight excluding hydrogens is 204 g/mol. The third-order valence-electron chi connectivity index (χ3n) is 2.95. The Morgan fingerprint density at radius 1 is 1.38 bits per heavy atom. The van der Waals surface area contributed by atoms with Crippen LogP contribution in [-0.4, -0.2) is 29.2 Å². The minimum atomic E-state index is -0.883. The zero-order valence-electron chi connectivity index (χ0n) is 8.81. The van der Waals surface area contributed by atoms with Crippen molar-refractivity contribution in [2.45, 2.75) is 12.8 Å². The Bertz CT molecular complexity index is 463. The molecule has 1 N–H and O–H groups in total. The van der Waals surface area contributed by atoms with Crippen LogP contribution in [0.1, 0.15) is 16.7 Å². The van der Waals surface area contributed by atoms with E-state index in [1.807, 2.05) is 12.1 Å². The molecule has 0 saturated heterocycles. The maximum Gasteiger partial charge on any atom is 0.407 e. The van der Waals surface area contributed by atoms with Crippen molar-refractivity contribution in [3.8, 4) is 6.07 Å². The van der Waals surface area contributed by atoms with Gasteiger partial charge >= 0.3 is 6.09 Å². The molecule has 0 fully saturated rings. The monoisotopic (exact) mass is 216 g/mol. The summed E-state index contributed by atoms with van der Waals surface area (Å²) < 4.78 is 0. The van der Waals surface area contributed by atoms with E-state index in [2.05, 4.69) is 6.07 Å². The second-order valence-corrected chi connectivity index (χ2v) is 3.82. The molecule has 82 valence electrons. The molecule has 4 nitrogen and oxygen atoms in total. The van der Waals surface area contributed by atoms with E-state index in [-0.39, 0.29) is 0 Å². The minimum absolute atomic E-state index is 0.473. The van der Waals surface area contributed by atoms with Gasteiger partial charge in [-0.2, -0.15) is 5.26 Å². The number of hydrogen-bond donors (Lipinski definition) is 1. The predicted octanol–water partition coefficient (Wildman–Crippen LogP) is 1.64. The van der Waals surface area contributed by atoms with Gasteiger partial charge in [-0.25, -0.2) is 4.79 Å². The molecule has 0 unspecified atom stereocenters. The average Bonchev–Trinajstić information content (AvgIpc) is 2.50. The summed E-state index contributed by atoms with van der Waals surface area (Å²) in [7, 11) is 0. The molecule has 1 heterocycles. The molecule has 0 saturated carbocycles. The molecule has 0 atom stereocenters. The number of nitriles is 1. The van der Waals surface area contributed by atoms with Crippen LogP contribution in [0, 0.1) is 11.3 Å². The molecule has 0 spiro atoms. The Labute approximate surface area is 93.7 Å². The zero-order valence-corrected chi connectivity index (χ0v) is 8.81. The summed E-state index contributed by atoms with van der Waals surface area (Å²) in [5, 5.41) is 17.9. The molecule has 1 aromatic carbocycles.